The summed E-state index contributed by atoms with van der Waals surface area (Å²) < 4.78 is 14.2. The van der Waals surface area contributed by atoms with Gasteiger partial charge in [-0.15, -0.1) is 10.2 Å². The predicted molar refractivity (Wildman–Crippen MR) is 125 cm³/mol. The second-order valence-electron chi connectivity index (χ2n) is 8.57. The van der Waals surface area contributed by atoms with E-state index in [0.717, 1.165) is 73.4 Å². The number of rotatable bonds is 8. The Morgan fingerprint density at radius 1 is 1.12 bits per heavy atom. The number of hydrogen-bond donors (Lipinski definition) is 2. The third-order valence-corrected chi connectivity index (χ3v) is 6.36. The maximum absolute atomic E-state index is 6.34. The lowest BCUT2D eigenvalue weighted by Crippen LogP contribution is -2.38. The van der Waals surface area contributed by atoms with E-state index in [4.69, 9.17) is 9.47 Å². The van der Waals surface area contributed by atoms with Crippen LogP contribution in [0.4, 0.5) is 0 Å². The summed E-state index contributed by atoms with van der Waals surface area (Å²) in [5, 5.41) is 15.6. The van der Waals surface area contributed by atoms with Crippen molar-refractivity contribution in [3.8, 4) is 11.5 Å². The minimum absolute atomic E-state index is 0.278. The van der Waals surface area contributed by atoms with Crippen LogP contribution in [0.25, 0.3) is 0 Å². The minimum Gasteiger partial charge on any atom is -0.493 e. The maximum atomic E-state index is 6.34. The van der Waals surface area contributed by atoms with Crippen LogP contribution in [0.3, 0.4) is 0 Å². The summed E-state index contributed by atoms with van der Waals surface area (Å²) in [5.41, 5.74) is 1.07. The Bertz CT molecular complexity index is 904. The molecule has 0 unspecified atom stereocenters. The van der Waals surface area contributed by atoms with E-state index in [2.05, 4.69) is 36.5 Å². The second-order valence-corrected chi connectivity index (χ2v) is 8.57. The molecular weight excluding hydrogens is 404 g/mol. The highest BCUT2D eigenvalue weighted by molar-refractivity contribution is 5.79. The summed E-state index contributed by atoms with van der Waals surface area (Å²) in [7, 11) is 3.49. The van der Waals surface area contributed by atoms with Gasteiger partial charge in [0, 0.05) is 45.1 Å². The molecule has 0 bridgehead atoms. The molecule has 2 heterocycles. The number of benzene rings is 1. The Balaban J connectivity index is 1.32. The highest BCUT2D eigenvalue weighted by atomic mass is 16.5. The molecule has 0 saturated heterocycles. The number of nitrogens with one attached hydrogen (secondary N) is 2. The SMILES string of the molecule is CN=C(NCCc1nnc2n1CCCCC2)NCc1cccc(OC)c1OC1CCCC1. The van der Waals surface area contributed by atoms with Crippen molar-refractivity contribution in [1.82, 2.24) is 25.4 Å². The second kappa shape index (κ2) is 11.2. The van der Waals surface area contributed by atoms with Crippen molar-refractivity contribution < 1.29 is 9.47 Å². The van der Waals surface area contributed by atoms with Gasteiger partial charge in [0.1, 0.15) is 11.6 Å². The van der Waals surface area contributed by atoms with Gasteiger partial charge in [0.25, 0.3) is 0 Å². The summed E-state index contributed by atoms with van der Waals surface area (Å²) in [6, 6.07) is 6.05. The van der Waals surface area contributed by atoms with Crippen LogP contribution in [0.1, 0.15) is 62.2 Å². The normalized spacial score (nSPS) is 17.0. The lowest BCUT2D eigenvalue weighted by Gasteiger charge is -2.20. The van der Waals surface area contributed by atoms with Gasteiger partial charge in [-0.2, -0.15) is 0 Å². The smallest absolute Gasteiger partial charge is 0.191 e. The van der Waals surface area contributed by atoms with Crippen LogP contribution < -0.4 is 20.1 Å². The van der Waals surface area contributed by atoms with Crippen molar-refractivity contribution >= 4 is 5.96 Å². The molecule has 1 aliphatic carbocycles. The molecular formula is C24H36N6O2. The Labute approximate surface area is 190 Å². The first-order valence-electron chi connectivity index (χ1n) is 12.0. The van der Waals surface area contributed by atoms with Crippen LogP contribution in [0, 0.1) is 0 Å². The van der Waals surface area contributed by atoms with Crippen LogP contribution in [-0.2, 0) is 25.9 Å². The zero-order valence-corrected chi connectivity index (χ0v) is 19.4. The number of fused-ring (bicyclic) bond motifs is 1. The highest BCUT2D eigenvalue weighted by Crippen LogP contribution is 2.34. The summed E-state index contributed by atoms with van der Waals surface area (Å²) in [4.78, 5) is 4.38. The first-order valence-corrected chi connectivity index (χ1v) is 12.0. The fourth-order valence-electron chi connectivity index (χ4n) is 4.59. The number of methoxy groups -OCH3 is 1. The van der Waals surface area contributed by atoms with E-state index in [-0.39, 0.29) is 6.10 Å². The van der Waals surface area contributed by atoms with E-state index in [9.17, 15) is 0 Å². The molecule has 32 heavy (non-hydrogen) atoms. The lowest BCUT2D eigenvalue weighted by molar-refractivity contribution is 0.198. The molecule has 2 N–H and O–H groups in total. The Morgan fingerprint density at radius 3 is 2.81 bits per heavy atom. The summed E-state index contributed by atoms with van der Waals surface area (Å²) in [6.07, 6.45) is 10.5. The molecule has 8 nitrogen and oxygen atoms in total. The van der Waals surface area contributed by atoms with Crippen molar-refractivity contribution in [3.05, 3.63) is 35.4 Å². The van der Waals surface area contributed by atoms with Gasteiger partial charge < -0.3 is 24.7 Å². The van der Waals surface area contributed by atoms with Crippen molar-refractivity contribution in [2.75, 3.05) is 20.7 Å². The van der Waals surface area contributed by atoms with Gasteiger partial charge in [-0.1, -0.05) is 18.6 Å². The van der Waals surface area contributed by atoms with E-state index < -0.39 is 0 Å². The predicted octanol–water partition coefficient (Wildman–Crippen LogP) is 3.24. The first kappa shape index (κ1) is 22.4. The number of aryl methyl sites for hydroxylation is 1. The molecule has 1 aliphatic heterocycles. The highest BCUT2D eigenvalue weighted by Gasteiger charge is 2.20. The number of ether oxygens (including phenoxy) is 2. The fourth-order valence-corrected chi connectivity index (χ4v) is 4.59. The molecule has 174 valence electrons. The molecule has 0 amide bonds. The van der Waals surface area contributed by atoms with Crippen LogP contribution >= 0.6 is 0 Å². The monoisotopic (exact) mass is 440 g/mol. The van der Waals surface area contributed by atoms with Gasteiger partial charge in [-0.25, -0.2) is 0 Å². The van der Waals surface area contributed by atoms with E-state index in [1.807, 2.05) is 12.1 Å². The molecule has 1 saturated carbocycles. The third kappa shape index (κ3) is 5.53. The van der Waals surface area contributed by atoms with Crippen LogP contribution in [0.15, 0.2) is 23.2 Å². The summed E-state index contributed by atoms with van der Waals surface area (Å²) in [5.74, 6) is 4.58. The molecule has 1 aromatic heterocycles. The minimum atomic E-state index is 0.278. The molecule has 1 aromatic carbocycles. The zero-order chi connectivity index (χ0) is 22.2. The first-order chi connectivity index (χ1) is 15.8. The van der Waals surface area contributed by atoms with Gasteiger partial charge >= 0.3 is 0 Å². The van der Waals surface area contributed by atoms with Crippen molar-refractivity contribution in [3.63, 3.8) is 0 Å². The van der Waals surface area contributed by atoms with Crippen LogP contribution in [-0.4, -0.2) is 47.5 Å². The van der Waals surface area contributed by atoms with E-state index in [0.29, 0.717) is 6.54 Å². The standard InChI is InChI=1S/C24H36N6O2/c1-25-24(26-15-14-22-29-28-21-13-4-3-7-16-30(21)22)27-17-18-9-8-12-20(31-2)23(18)32-19-10-5-6-11-19/h8-9,12,19H,3-7,10-11,13-17H2,1-2H3,(H2,25,26,27). The van der Waals surface area contributed by atoms with Crippen molar-refractivity contribution in [1.29, 1.82) is 0 Å². The Kier molecular flexibility index (Phi) is 7.85. The third-order valence-electron chi connectivity index (χ3n) is 6.36. The maximum Gasteiger partial charge on any atom is 0.191 e. The van der Waals surface area contributed by atoms with Gasteiger partial charge in [-0.3, -0.25) is 4.99 Å². The fraction of sp³-hybridized carbons (Fsp3) is 0.625. The molecule has 2 aromatic rings. The van der Waals surface area contributed by atoms with E-state index in [1.165, 1.54) is 32.1 Å². The molecule has 1 fully saturated rings. The van der Waals surface area contributed by atoms with E-state index in [1.54, 1.807) is 14.2 Å². The Morgan fingerprint density at radius 2 is 2.00 bits per heavy atom. The van der Waals surface area contributed by atoms with Gasteiger partial charge in [0.15, 0.2) is 17.5 Å². The summed E-state index contributed by atoms with van der Waals surface area (Å²) in [6.45, 7) is 2.39. The van der Waals surface area contributed by atoms with Crippen LogP contribution in [0.5, 0.6) is 11.5 Å². The van der Waals surface area contributed by atoms with Crippen molar-refractivity contribution in [2.45, 2.75) is 77.0 Å². The largest absolute Gasteiger partial charge is 0.493 e. The molecule has 0 spiro atoms. The number of aliphatic imine (C=N–C) groups is 1. The number of hydrogen-bond acceptors (Lipinski definition) is 5. The number of nitrogens with zero attached hydrogens (tertiary/aromatic N) is 4. The quantitative estimate of drug-likeness (QED) is 0.484. The molecule has 0 radical (unpaired) electrons. The zero-order valence-electron chi connectivity index (χ0n) is 19.4. The van der Waals surface area contributed by atoms with Crippen LogP contribution in [0.2, 0.25) is 0 Å². The molecule has 0 atom stereocenters. The number of aromatic nitrogens is 3. The van der Waals surface area contributed by atoms with Crippen molar-refractivity contribution in [2.24, 2.45) is 4.99 Å². The molecule has 8 heteroatoms. The molecule has 2 aliphatic rings. The number of guanidine groups is 1. The van der Waals surface area contributed by atoms with Gasteiger partial charge in [0.2, 0.25) is 0 Å². The van der Waals surface area contributed by atoms with E-state index >= 15 is 0 Å². The lowest BCUT2D eigenvalue weighted by atomic mass is 10.1. The average molecular weight is 441 g/mol. The Hall–Kier alpha value is -2.77. The topological polar surface area (TPSA) is 85.6 Å². The van der Waals surface area contributed by atoms with Gasteiger partial charge in [-0.05, 0) is 44.6 Å². The average Bonchev–Trinajstić information content (AvgIpc) is 3.40. The number of para-hydroxylation sites is 1. The summed E-state index contributed by atoms with van der Waals surface area (Å²) >= 11 is 0. The molecule has 4 rings (SSSR count). The van der Waals surface area contributed by atoms with Gasteiger partial charge in [0.05, 0.1) is 13.2 Å².